The zero-order chi connectivity index (χ0) is 50.4. The van der Waals surface area contributed by atoms with Crippen LogP contribution in [0.4, 0.5) is 43.9 Å². The molecule has 0 atom stereocenters. The number of rotatable bonds is 3. The highest BCUT2D eigenvalue weighted by Gasteiger charge is 2.40. The van der Waals surface area contributed by atoms with Gasteiger partial charge in [-0.3, -0.25) is 0 Å². The molecular weight excluding hydrogens is 991 g/mol. The van der Waals surface area contributed by atoms with Crippen molar-refractivity contribution >= 4 is 61.2 Å². The minimum absolute atomic E-state index is 0.00640. The van der Waals surface area contributed by atoms with Crippen molar-refractivity contribution in [1.29, 1.82) is 0 Å². The number of nitrogens with zero attached hydrogens (tertiary/aromatic N) is 1. The van der Waals surface area contributed by atoms with Gasteiger partial charge in [0.05, 0.1) is 32.5 Å². The molecule has 8 aromatic rings. The van der Waals surface area contributed by atoms with E-state index < -0.39 is 91.3 Å². The fraction of sp³-hybridized carbons (Fsp3) is 0.204. The Labute approximate surface area is 401 Å². The highest BCUT2D eigenvalue weighted by Crippen LogP contribution is 2.56. The molecule has 4 aromatic heterocycles. The number of hydrogen-bond acceptors (Lipinski definition) is 2. The van der Waals surface area contributed by atoms with Crippen LogP contribution < -0.4 is 4.74 Å². The van der Waals surface area contributed by atoms with Gasteiger partial charge in [0.25, 0.3) is 0 Å². The molecule has 2 aliphatic heterocycles. The summed E-state index contributed by atoms with van der Waals surface area (Å²) in [5, 5.41) is 0. The first kappa shape index (κ1) is 46.9. The summed E-state index contributed by atoms with van der Waals surface area (Å²) in [5.74, 6) is -21.2. The predicted molar refractivity (Wildman–Crippen MR) is 255 cm³/mol. The fourth-order valence-electron chi connectivity index (χ4n) is 9.28. The summed E-state index contributed by atoms with van der Waals surface area (Å²) in [6, 6.07) is 16.4. The van der Waals surface area contributed by atoms with Gasteiger partial charge in [-0.1, -0.05) is 67.5 Å². The Morgan fingerprint density at radius 3 is 1.30 bits per heavy atom. The summed E-state index contributed by atoms with van der Waals surface area (Å²) >= 11 is 3.77. The maximum absolute atomic E-state index is 16.1. The minimum Gasteiger partial charge on any atom is -0.455 e. The molecule has 8 bridgehead atoms. The van der Waals surface area contributed by atoms with Gasteiger partial charge in [-0.15, -0.1) is 0 Å². The Morgan fingerprint density at radius 1 is 0.443 bits per heavy atom. The van der Waals surface area contributed by atoms with Crippen LogP contribution in [0, 0.1) is 58.2 Å². The van der Waals surface area contributed by atoms with E-state index in [2.05, 4.69) is 62.7 Å². The molecule has 6 heterocycles. The van der Waals surface area contributed by atoms with Crippen LogP contribution in [0.1, 0.15) is 89.0 Å². The molecule has 70 heavy (non-hydrogen) atoms. The molecule has 10 rings (SSSR count). The lowest BCUT2D eigenvalue weighted by molar-refractivity contribution is 0.381. The molecule has 5 nitrogen and oxygen atoms in total. The maximum atomic E-state index is 16.1. The number of nitrogens with one attached hydrogen (secondary N) is 3. The van der Waals surface area contributed by atoms with Gasteiger partial charge in [0.15, 0.2) is 46.5 Å². The molecule has 0 saturated carbocycles. The van der Waals surface area contributed by atoms with Crippen LogP contribution in [0.3, 0.4) is 0 Å². The van der Waals surface area contributed by atoms with Gasteiger partial charge in [-0.25, -0.2) is 48.9 Å². The molecule has 4 aromatic carbocycles. The lowest BCUT2D eigenvalue weighted by Gasteiger charge is -2.38. The highest BCUT2D eigenvalue weighted by molar-refractivity contribution is 9.10. The third-order valence-electron chi connectivity index (χ3n) is 13.2. The molecule has 0 radical (unpaired) electrons. The van der Waals surface area contributed by atoms with E-state index in [9.17, 15) is 8.78 Å². The molecule has 2 aliphatic rings. The lowest BCUT2D eigenvalue weighted by atomic mass is 9.71. The quantitative estimate of drug-likeness (QED) is 0.0938. The third kappa shape index (κ3) is 7.06. The second-order valence-corrected chi connectivity index (χ2v) is 20.9. The Kier molecular flexibility index (Phi) is 10.6. The van der Waals surface area contributed by atoms with Crippen LogP contribution in [0.2, 0.25) is 0 Å². The van der Waals surface area contributed by atoms with Gasteiger partial charge in [0.1, 0.15) is 11.5 Å². The summed E-state index contributed by atoms with van der Waals surface area (Å²) in [6.45, 7) is 16.4. The summed E-state index contributed by atoms with van der Waals surface area (Å²) in [4.78, 5) is 13.8. The standard InChI is InChI=1S/C54H39BrF10N4O/c1-52(2,3)21-17-23(50-24(18-21)54(7,8)25-19-22(53(4,5)6)20-26(55)51(25)70-50)35-29-13-15-33(68-29)36(38-40(56)44(60)48(64)45(61)41(38)57)31-11-9-27(66-31)28-10-12-32(67-28)37(34-16-14-30(35)69-34)39-42(58)46(62)49(65)47(63)43(39)59/h9-20,66,68-69H,1-8H3. The average Bonchev–Trinajstić information content (AvgIpc) is 4.15. The SMILES string of the molecule is CC(C)(C)c1cc(Br)c2c(c1)C(C)(C)c1cc(C(C)(C)C)cc(-c3c4ccc([nH]4)c(-c4c(F)c(F)c(F)c(F)c4F)c4nc(c5ccc([nH]5)c(-c5c(F)c(F)c(F)c(F)c5F)c5ccc3[nH]5)C=C4)c1O2. The van der Waals surface area contributed by atoms with E-state index in [1.54, 1.807) is 0 Å². The molecule has 16 heteroatoms. The Hall–Kier alpha value is -6.81. The normalized spacial score (nSPS) is 13.8. The summed E-state index contributed by atoms with van der Waals surface area (Å²) in [7, 11) is 0. The minimum atomic E-state index is -2.37. The van der Waals surface area contributed by atoms with Crippen molar-refractivity contribution in [2.75, 3.05) is 0 Å². The van der Waals surface area contributed by atoms with Crippen LogP contribution in [0.5, 0.6) is 11.5 Å². The molecular formula is C54H39BrF10N4O. The van der Waals surface area contributed by atoms with E-state index >= 15 is 35.1 Å². The van der Waals surface area contributed by atoms with Gasteiger partial charge >= 0.3 is 0 Å². The number of H-pyrrole nitrogens is 3. The number of aromatic nitrogens is 4. The van der Waals surface area contributed by atoms with Crippen LogP contribution in [-0.2, 0) is 16.2 Å². The van der Waals surface area contributed by atoms with Crippen molar-refractivity contribution in [2.24, 2.45) is 0 Å². The Bertz CT molecular complexity index is 3720. The van der Waals surface area contributed by atoms with Gasteiger partial charge in [0.2, 0.25) is 11.6 Å². The summed E-state index contributed by atoms with van der Waals surface area (Å²) in [5.41, 5.74) is -1.34. The zero-order valence-corrected chi connectivity index (χ0v) is 40.0. The first-order valence-corrected chi connectivity index (χ1v) is 22.7. The first-order chi connectivity index (χ1) is 32.8. The monoisotopic (exact) mass is 1030 g/mol. The number of benzene rings is 4. The maximum Gasteiger partial charge on any atom is 0.200 e. The average molecular weight is 1030 g/mol. The number of halogens is 11. The molecule has 0 fully saturated rings. The number of ether oxygens (including phenoxy) is 1. The van der Waals surface area contributed by atoms with Crippen LogP contribution in [0.25, 0.3) is 78.6 Å². The molecule has 358 valence electrons. The van der Waals surface area contributed by atoms with E-state index in [4.69, 9.17) is 4.74 Å². The second kappa shape index (κ2) is 15.9. The Balaban J connectivity index is 1.42. The van der Waals surface area contributed by atoms with Gasteiger partial charge in [-0.2, -0.15) is 0 Å². The van der Waals surface area contributed by atoms with Gasteiger partial charge in [-0.05, 0) is 98.6 Å². The van der Waals surface area contributed by atoms with E-state index in [1.165, 1.54) is 48.6 Å². The number of aromatic amines is 3. The van der Waals surface area contributed by atoms with Crippen molar-refractivity contribution in [1.82, 2.24) is 19.9 Å². The number of fused-ring (bicyclic) bond motifs is 11. The van der Waals surface area contributed by atoms with E-state index in [0.717, 1.165) is 22.3 Å². The van der Waals surface area contributed by atoms with Crippen LogP contribution in [0.15, 0.2) is 65.1 Å². The lowest BCUT2D eigenvalue weighted by Crippen LogP contribution is -2.27. The molecule has 0 unspecified atom stereocenters. The highest BCUT2D eigenvalue weighted by atomic mass is 79.9. The first-order valence-electron chi connectivity index (χ1n) is 21.9. The molecule has 0 saturated heterocycles. The van der Waals surface area contributed by atoms with Gasteiger partial charge in [0, 0.05) is 66.4 Å². The summed E-state index contributed by atoms with van der Waals surface area (Å²) < 4.78 is 162. The fourth-order valence-corrected chi connectivity index (χ4v) is 9.82. The molecule has 3 N–H and O–H groups in total. The zero-order valence-electron chi connectivity index (χ0n) is 38.4. The largest absolute Gasteiger partial charge is 0.455 e. The van der Waals surface area contributed by atoms with E-state index in [-0.39, 0.29) is 55.5 Å². The molecule has 0 spiro atoms. The van der Waals surface area contributed by atoms with Crippen LogP contribution >= 0.6 is 15.9 Å². The summed E-state index contributed by atoms with van der Waals surface area (Å²) in [6.07, 6.45) is 2.61. The van der Waals surface area contributed by atoms with Crippen LogP contribution in [-0.4, -0.2) is 19.9 Å². The number of hydrogen-bond donors (Lipinski definition) is 3. The predicted octanol–water partition coefficient (Wildman–Crippen LogP) is 16.9. The van der Waals surface area contributed by atoms with E-state index in [0.29, 0.717) is 21.5 Å². The van der Waals surface area contributed by atoms with Crippen molar-refractivity contribution < 1.29 is 48.6 Å². The van der Waals surface area contributed by atoms with Crippen molar-refractivity contribution in [3.63, 3.8) is 0 Å². The molecule has 0 amide bonds. The third-order valence-corrected chi connectivity index (χ3v) is 13.8. The van der Waals surface area contributed by atoms with Crippen molar-refractivity contribution in [2.45, 2.75) is 71.6 Å². The molecule has 0 aliphatic carbocycles. The van der Waals surface area contributed by atoms with E-state index in [1.807, 2.05) is 52.8 Å². The van der Waals surface area contributed by atoms with Crippen molar-refractivity contribution in [3.05, 3.63) is 157 Å². The second-order valence-electron chi connectivity index (χ2n) is 20.0. The smallest absolute Gasteiger partial charge is 0.200 e. The Morgan fingerprint density at radius 2 is 0.814 bits per heavy atom. The topological polar surface area (TPSA) is 69.5 Å². The van der Waals surface area contributed by atoms with Gasteiger partial charge < -0.3 is 19.7 Å². The van der Waals surface area contributed by atoms with Crippen molar-refractivity contribution in [3.8, 4) is 44.9 Å².